The number of hydrogen-bond donors (Lipinski definition) is 0. The maximum absolute atomic E-state index is 13.2. The molecule has 3 aromatic rings. The molecule has 0 unspecified atom stereocenters. The molecule has 1 aromatic heterocycles. The zero-order valence-corrected chi connectivity index (χ0v) is 17.8. The van der Waals surface area contributed by atoms with E-state index in [1.807, 2.05) is 48.5 Å². The van der Waals surface area contributed by atoms with Gasteiger partial charge < -0.3 is 4.74 Å². The second-order valence-electron chi connectivity index (χ2n) is 8.09. The molecule has 5 heteroatoms. The van der Waals surface area contributed by atoms with Gasteiger partial charge in [-0.2, -0.15) is 9.78 Å². The SMILES string of the molecule is CC[C@@H](C)Oc1ccc(C=Nn2c(C3CCCCC3)nc3ccccc3c2=O)cc1. The van der Waals surface area contributed by atoms with Crippen molar-refractivity contribution in [3.63, 3.8) is 0 Å². The lowest BCUT2D eigenvalue weighted by Crippen LogP contribution is -2.25. The minimum Gasteiger partial charge on any atom is -0.491 e. The summed E-state index contributed by atoms with van der Waals surface area (Å²) in [5.74, 6) is 1.90. The van der Waals surface area contributed by atoms with E-state index in [0.717, 1.165) is 41.9 Å². The maximum atomic E-state index is 13.2. The van der Waals surface area contributed by atoms with Crippen LogP contribution < -0.4 is 10.3 Å². The lowest BCUT2D eigenvalue weighted by molar-refractivity contribution is 0.217. The molecule has 1 atom stereocenters. The summed E-state index contributed by atoms with van der Waals surface area (Å²) < 4.78 is 7.35. The Kier molecular flexibility index (Phi) is 6.26. The molecule has 0 saturated heterocycles. The number of rotatable bonds is 6. The van der Waals surface area contributed by atoms with E-state index in [4.69, 9.17) is 9.72 Å². The quantitative estimate of drug-likeness (QED) is 0.510. The van der Waals surface area contributed by atoms with Gasteiger partial charge in [-0.3, -0.25) is 4.79 Å². The first-order valence-corrected chi connectivity index (χ1v) is 11.0. The van der Waals surface area contributed by atoms with Crippen LogP contribution in [0.15, 0.2) is 58.4 Å². The van der Waals surface area contributed by atoms with Crippen molar-refractivity contribution in [3.05, 3.63) is 70.3 Å². The van der Waals surface area contributed by atoms with Crippen LogP contribution in [0.5, 0.6) is 5.75 Å². The summed E-state index contributed by atoms with van der Waals surface area (Å²) >= 11 is 0. The van der Waals surface area contributed by atoms with Crippen LogP contribution in [0.2, 0.25) is 0 Å². The number of nitrogens with zero attached hydrogens (tertiary/aromatic N) is 3. The highest BCUT2D eigenvalue weighted by atomic mass is 16.5. The Hall–Kier alpha value is -2.95. The van der Waals surface area contributed by atoms with Crippen LogP contribution in [-0.4, -0.2) is 22.0 Å². The Morgan fingerprint density at radius 1 is 1.13 bits per heavy atom. The third kappa shape index (κ3) is 4.45. The molecule has 0 bridgehead atoms. The first-order chi connectivity index (χ1) is 14.7. The summed E-state index contributed by atoms with van der Waals surface area (Å²) in [5, 5.41) is 5.19. The summed E-state index contributed by atoms with van der Waals surface area (Å²) in [6.45, 7) is 4.16. The van der Waals surface area contributed by atoms with Crippen molar-refractivity contribution in [2.24, 2.45) is 5.10 Å². The van der Waals surface area contributed by atoms with Crippen molar-refractivity contribution in [3.8, 4) is 5.75 Å². The van der Waals surface area contributed by atoms with Crippen LogP contribution >= 0.6 is 0 Å². The number of ether oxygens (including phenoxy) is 1. The number of aromatic nitrogens is 2. The molecule has 1 aliphatic rings. The molecule has 1 heterocycles. The van der Waals surface area contributed by atoms with Crippen LogP contribution in [0.3, 0.4) is 0 Å². The Labute approximate surface area is 177 Å². The maximum Gasteiger partial charge on any atom is 0.282 e. The monoisotopic (exact) mass is 403 g/mol. The van der Waals surface area contributed by atoms with Crippen molar-refractivity contribution >= 4 is 17.1 Å². The smallest absolute Gasteiger partial charge is 0.282 e. The van der Waals surface area contributed by atoms with Gasteiger partial charge in [0, 0.05) is 5.92 Å². The molecule has 0 N–H and O–H groups in total. The molecule has 0 radical (unpaired) electrons. The fourth-order valence-electron chi connectivity index (χ4n) is 3.95. The third-order valence-electron chi connectivity index (χ3n) is 5.86. The van der Waals surface area contributed by atoms with Crippen LogP contribution in [0, 0.1) is 0 Å². The first-order valence-electron chi connectivity index (χ1n) is 11.0. The molecule has 30 heavy (non-hydrogen) atoms. The average molecular weight is 404 g/mol. The molecule has 4 rings (SSSR count). The van der Waals surface area contributed by atoms with Gasteiger partial charge in [-0.15, -0.1) is 0 Å². The van der Waals surface area contributed by atoms with Crippen LogP contribution in [-0.2, 0) is 0 Å². The average Bonchev–Trinajstić information content (AvgIpc) is 2.80. The number of fused-ring (bicyclic) bond motifs is 1. The van der Waals surface area contributed by atoms with Gasteiger partial charge in [-0.1, -0.05) is 38.3 Å². The van der Waals surface area contributed by atoms with Gasteiger partial charge in [0.15, 0.2) is 0 Å². The molecule has 1 saturated carbocycles. The largest absolute Gasteiger partial charge is 0.491 e. The van der Waals surface area contributed by atoms with E-state index in [-0.39, 0.29) is 17.6 Å². The Morgan fingerprint density at radius 3 is 2.60 bits per heavy atom. The Morgan fingerprint density at radius 2 is 1.87 bits per heavy atom. The molecule has 0 amide bonds. The molecule has 0 aliphatic heterocycles. The summed E-state index contributed by atoms with van der Waals surface area (Å²) in [7, 11) is 0. The van der Waals surface area contributed by atoms with E-state index in [1.54, 1.807) is 6.21 Å². The molecule has 1 fully saturated rings. The highest BCUT2D eigenvalue weighted by Gasteiger charge is 2.22. The van der Waals surface area contributed by atoms with Crippen molar-refractivity contribution in [1.29, 1.82) is 0 Å². The molecular formula is C25H29N3O2. The van der Waals surface area contributed by atoms with E-state index in [0.29, 0.717) is 5.39 Å². The second kappa shape index (κ2) is 9.24. The van der Waals surface area contributed by atoms with Gasteiger partial charge in [0.25, 0.3) is 5.56 Å². The van der Waals surface area contributed by atoms with Gasteiger partial charge in [-0.05, 0) is 68.1 Å². The fraction of sp³-hybridized carbons (Fsp3) is 0.400. The zero-order valence-electron chi connectivity index (χ0n) is 17.8. The molecule has 156 valence electrons. The Balaban J connectivity index is 1.68. The third-order valence-corrected chi connectivity index (χ3v) is 5.86. The summed E-state index contributed by atoms with van der Waals surface area (Å²) in [4.78, 5) is 18.1. The van der Waals surface area contributed by atoms with Gasteiger partial charge in [0.1, 0.15) is 11.6 Å². The van der Waals surface area contributed by atoms with Crippen molar-refractivity contribution in [2.45, 2.75) is 64.4 Å². The van der Waals surface area contributed by atoms with Crippen molar-refractivity contribution in [2.75, 3.05) is 0 Å². The molecule has 5 nitrogen and oxygen atoms in total. The normalized spacial score (nSPS) is 16.2. The summed E-state index contributed by atoms with van der Waals surface area (Å²) in [6, 6.07) is 15.3. The number of para-hydroxylation sites is 1. The van der Waals surface area contributed by atoms with Crippen LogP contribution in [0.1, 0.15) is 69.7 Å². The van der Waals surface area contributed by atoms with E-state index >= 15 is 0 Å². The summed E-state index contributed by atoms with van der Waals surface area (Å²) in [5.41, 5.74) is 1.57. The van der Waals surface area contributed by atoms with E-state index in [9.17, 15) is 4.79 Å². The van der Waals surface area contributed by atoms with Crippen LogP contribution in [0.4, 0.5) is 0 Å². The molecular weight excluding hydrogens is 374 g/mol. The van der Waals surface area contributed by atoms with Gasteiger partial charge in [0.2, 0.25) is 0 Å². The summed E-state index contributed by atoms with van der Waals surface area (Å²) in [6.07, 6.45) is 8.60. The topological polar surface area (TPSA) is 56.5 Å². The van der Waals surface area contributed by atoms with Crippen LogP contribution in [0.25, 0.3) is 10.9 Å². The minimum atomic E-state index is -0.103. The second-order valence-corrected chi connectivity index (χ2v) is 8.09. The van der Waals surface area contributed by atoms with Gasteiger partial charge in [0.05, 0.1) is 23.2 Å². The van der Waals surface area contributed by atoms with Crippen molar-refractivity contribution < 1.29 is 4.74 Å². The lowest BCUT2D eigenvalue weighted by Gasteiger charge is -2.22. The molecule has 2 aromatic carbocycles. The number of hydrogen-bond acceptors (Lipinski definition) is 4. The van der Waals surface area contributed by atoms with Gasteiger partial charge >= 0.3 is 0 Å². The zero-order chi connectivity index (χ0) is 20.9. The van der Waals surface area contributed by atoms with Gasteiger partial charge in [-0.25, -0.2) is 4.98 Å². The highest BCUT2D eigenvalue weighted by Crippen LogP contribution is 2.31. The highest BCUT2D eigenvalue weighted by molar-refractivity contribution is 5.80. The fourth-order valence-corrected chi connectivity index (χ4v) is 3.95. The molecule has 0 spiro atoms. The predicted octanol–water partition coefficient (Wildman–Crippen LogP) is 5.50. The minimum absolute atomic E-state index is 0.103. The lowest BCUT2D eigenvalue weighted by atomic mass is 9.88. The van der Waals surface area contributed by atoms with E-state index in [1.165, 1.54) is 23.9 Å². The van der Waals surface area contributed by atoms with E-state index < -0.39 is 0 Å². The predicted molar refractivity (Wildman–Crippen MR) is 122 cm³/mol. The standard InChI is InChI=1S/C25H29N3O2/c1-3-18(2)30-21-15-13-19(14-16-21)17-26-28-24(20-9-5-4-6-10-20)27-23-12-8-7-11-22(23)25(28)29/h7-8,11-18,20H,3-6,9-10H2,1-2H3/t18-/m1/s1. The molecule has 1 aliphatic carbocycles. The first kappa shape index (κ1) is 20.3. The van der Waals surface area contributed by atoms with E-state index in [2.05, 4.69) is 18.9 Å². The number of benzene rings is 2. The Bertz CT molecular complexity index is 1080. The van der Waals surface area contributed by atoms with Crippen molar-refractivity contribution in [1.82, 2.24) is 9.66 Å².